The molecule has 0 spiro atoms. The average molecular weight is 1370 g/mol. The summed E-state index contributed by atoms with van der Waals surface area (Å²) in [5.41, 5.74) is 24.7. The molecule has 4 aromatic heterocycles. The van der Waals surface area contributed by atoms with Crippen LogP contribution in [0.5, 0.6) is 0 Å². The van der Waals surface area contributed by atoms with Gasteiger partial charge in [0.05, 0.1) is 90.7 Å². The maximum Gasteiger partial charge on any atom is 0.0979 e. The van der Waals surface area contributed by atoms with Crippen LogP contribution >= 0.6 is 0 Å². The highest BCUT2D eigenvalue weighted by Gasteiger charge is 2.23. The van der Waals surface area contributed by atoms with Crippen molar-refractivity contribution in [2.24, 2.45) is 0 Å². The molecule has 0 aliphatic heterocycles. The maximum atomic E-state index is 5.69. The minimum atomic E-state index is 0.817. The molecule has 0 amide bonds. The van der Waals surface area contributed by atoms with Gasteiger partial charge < -0.3 is 0 Å². The summed E-state index contributed by atoms with van der Waals surface area (Å²) in [6.45, 7) is 0. The van der Waals surface area contributed by atoms with Crippen LogP contribution in [0, 0.1) is 0 Å². The Morgan fingerprint density at radius 3 is 0.639 bits per heavy atom. The van der Waals surface area contributed by atoms with E-state index in [9.17, 15) is 0 Å². The Kier molecular flexibility index (Phi) is 13.8. The number of rotatable bonds is 9. The van der Waals surface area contributed by atoms with Crippen molar-refractivity contribution in [1.29, 1.82) is 0 Å². The van der Waals surface area contributed by atoms with E-state index in [1.165, 1.54) is 21.5 Å². The summed E-state index contributed by atoms with van der Waals surface area (Å²) in [6, 6.07) is 120. The molecule has 0 radical (unpaired) electrons. The lowest BCUT2D eigenvalue weighted by Crippen LogP contribution is -1.98. The molecule has 108 heavy (non-hydrogen) atoms. The molecule has 0 saturated carbocycles. The Labute approximate surface area is 619 Å². The number of hydrogen-bond acceptors (Lipinski definition) is 8. The van der Waals surface area contributed by atoms with Crippen LogP contribution < -0.4 is 0 Å². The van der Waals surface area contributed by atoms with Crippen molar-refractivity contribution in [3.63, 3.8) is 0 Å². The molecular formula is C100H58N8. The first kappa shape index (κ1) is 60.9. The monoisotopic (exact) mass is 1370 g/mol. The number of benzene rings is 18. The van der Waals surface area contributed by atoms with Gasteiger partial charge in [0.25, 0.3) is 0 Å². The molecule has 0 saturated heterocycles. The lowest BCUT2D eigenvalue weighted by atomic mass is 9.92. The first-order valence-corrected chi connectivity index (χ1v) is 36.5. The molecule has 8 heteroatoms. The molecule has 0 fully saturated rings. The Morgan fingerprint density at radius 2 is 0.333 bits per heavy atom. The second-order valence-electron chi connectivity index (χ2n) is 28.0. The van der Waals surface area contributed by atoms with Gasteiger partial charge in [-0.25, -0.2) is 29.9 Å². The van der Waals surface area contributed by atoms with Gasteiger partial charge in [-0.3, -0.25) is 9.97 Å². The zero-order valence-electron chi connectivity index (χ0n) is 58.1. The third-order valence-corrected chi connectivity index (χ3v) is 21.9. The van der Waals surface area contributed by atoms with Crippen LogP contribution in [0.1, 0.15) is 0 Å². The smallest absolute Gasteiger partial charge is 0.0979 e. The molecule has 0 N–H and O–H groups in total. The summed E-state index contributed by atoms with van der Waals surface area (Å²) in [5.74, 6) is 0. The Balaban J connectivity index is 0.575. The van der Waals surface area contributed by atoms with Crippen molar-refractivity contribution in [3.05, 3.63) is 352 Å². The highest BCUT2D eigenvalue weighted by molar-refractivity contribution is 6.28. The zero-order valence-corrected chi connectivity index (χ0v) is 58.1. The molecule has 0 unspecified atom stereocenters. The van der Waals surface area contributed by atoms with Crippen LogP contribution in [0.25, 0.3) is 231 Å². The first-order valence-electron chi connectivity index (χ1n) is 36.5. The standard InChI is InChI=1S/C100H58N8/c1-3-19-65(20-4-1)89-91(107-98-80-32-16-10-26-74(80)73-25-9-15-31-79(73)97(98)105-89)67-47-39-61(40-48-67)62-41-49-68(50-42-62)92-90(66-21-5-2-6-22-66)106-100-84-54-52-70(56-86(84)76-28-12-18-34-82(76)99(100)108-92)69-51-53-83-85(55-69)75-27-11-17-33-81(75)96-94(83)102-58-88(104-96)64-45-37-60(38-46-64)59-35-43-63(44-36-59)87-57-101-93-77-29-13-7-23-71(77)72-24-8-14-30-78(72)95(93)103-87/h1-58H. The van der Waals surface area contributed by atoms with Crippen LogP contribution in [0.15, 0.2) is 352 Å². The molecule has 22 rings (SSSR count). The summed E-state index contributed by atoms with van der Waals surface area (Å²) >= 11 is 0. The fraction of sp³-hybridized carbons (Fsp3) is 0. The minimum absolute atomic E-state index is 0.817. The van der Waals surface area contributed by atoms with Crippen molar-refractivity contribution in [2.75, 3.05) is 0 Å². The topological polar surface area (TPSA) is 103 Å². The highest BCUT2D eigenvalue weighted by Crippen LogP contribution is 2.45. The number of nitrogens with zero attached hydrogens (tertiary/aromatic N) is 8. The molecule has 498 valence electrons. The van der Waals surface area contributed by atoms with E-state index in [1.54, 1.807) is 0 Å². The quantitative estimate of drug-likeness (QED) is 0.132. The van der Waals surface area contributed by atoms with E-state index in [-0.39, 0.29) is 0 Å². The minimum Gasteiger partial charge on any atom is -0.252 e. The summed E-state index contributed by atoms with van der Waals surface area (Å²) in [4.78, 5) is 43.3. The van der Waals surface area contributed by atoms with Crippen LogP contribution in [-0.4, -0.2) is 39.9 Å². The second-order valence-corrected chi connectivity index (χ2v) is 28.0. The van der Waals surface area contributed by atoms with E-state index in [1.807, 2.05) is 18.5 Å². The lowest BCUT2D eigenvalue weighted by molar-refractivity contribution is 1.30. The van der Waals surface area contributed by atoms with E-state index in [0.29, 0.717) is 0 Å². The van der Waals surface area contributed by atoms with E-state index < -0.39 is 0 Å². The Morgan fingerprint density at radius 1 is 0.130 bits per heavy atom. The molecule has 0 atom stereocenters. The maximum absolute atomic E-state index is 5.69. The number of aromatic nitrogens is 8. The van der Waals surface area contributed by atoms with Gasteiger partial charge >= 0.3 is 0 Å². The van der Waals surface area contributed by atoms with Crippen LogP contribution in [0.4, 0.5) is 0 Å². The van der Waals surface area contributed by atoms with Gasteiger partial charge in [0.1, 0.15) is 0 Å². The molecule has 18 aromatic carbocycles. The number of hydrogen-bond donors (Lipinski definition) is 0. The highest BCUT2D eigenvalue weighted by atomic mass is 14.9. The third-order valence-electron chi connectivity index (χ3n) is 21.9. The average Bonchev–Trinajstić information content (AvgIpc) is 0.700. The second kappa shape index (κ2) is 24.5. The third kappa shape index (κ3) is 9.85. The van der Waals surface area contributed by atoms with Gasteiger partial charge in [-0.2, -0.15) is 0 Å². The van der Waals surface area contributed by atoms with Crippen molar-refractivity contribution in [1.82, 2.24) is 39.9 Å². The largest absolute Gasteiger partial charge is 0.252 e. The van der Waals surface area contributed by atoms with Gasteiger partial charge in [-0.05, 0) is 88.6 Å². The fourth-order valence-corrected chi connectivity index (χ4v) is 16.6. The van der Waals surface area contributed by atoms with Crippen molar-refractivity contribution < 1.29 is 0 Å². The summed E-state index contributed by atoms with van der Waals surface area (Å²) in [7, 11) is 0. The van der Waals surface area contributed by atoms with Crippen LogP contribution in [0.3, 0.4) is 0 Å². The van der Waals surface area contributed by atoms with Crippen molar-refractivity contribution in [2.45, 2.75) is 0 Å². The Hall–Kier alpha value is -14.6. The van der Waals surface area contributed by atoms with E-state index in [2.05, 4.69) is 334 Å². The van der Waals surface area contributed by atoms with Crippen LogP contribution in [0.2, 0.25) is 0 Å². The van der Waals surface area contributed by atoms with E-state index in [4.69, 9.17) is 39.9 Å². The molecule has 22 aromatic rings. The molecule has 4 heterocycles. The summed E-state index contributed by atoms with van der Waals surface area (Å²) < 4.78 is 0. The first-order chi connectivity index (χ1) is 53.5. The zero-order chi connectivity index (χ0) is 70.9. The van der Waals surface area contributed by atoms with Crippen molar-refractivity contribution >= 4 is 130 Å². The molecule has 0 aliphatic rings. The molecule has 8 nitrogen and oxygen atoms in total. The Bertz CT molecular complexity index is 7440. The molecule has 0 aliphatic carbocycles. The normalized spacial score (nSPS) is 11.9. The predicted octanol–water partition coefficient (Wildman–Crippen LogP) is 25.7. The van der Waals surface area contributed by atoms with Gasteiger partial charge in [0, 0.05) is 76.5 Å². The summed E-state index contributed by atoms with van der Waals surface area (Å²) in [5, 5.41) is 17.8. The summed E-state index contributed by atoms with van der Waals surface area (Å²) in [6.07, 6.45) is 3.82. The fourth-order valence-electron chi connectivity index (χ4n) is 16.6. The lowest BCUT2D eigenvalue weighted by Gasteiger charge is -2.16. The van der Waals surface area contributed by atoms with E-state index in [0.717, 1.165) is 210 Å². The predicted molar refractivity (Wildman–Crippen MR) is 448 cm³/mol. The van der Waals surface area contributed by atoms with Crippen molar-refractivity contribution in [3.8, 4) is 101 Å². The molecular weight excluding hydrogens is 1310 g/mol. The van der Waals surface area contributed by atoms with Gasteiger partial charge in [0.2, 0.25) is 0 Å². The molecule has 0 bridgehead atoms. The van der Waals surface area contributed by atoms with Crippen LogP contribution in [-0.2, 0) is 0 Å². The number of fused-ring (bicyclic) bond motifs is 24. The SMILES string of the molecule is c1ccc(-c2nc3c4ccccc4c4ccccc4c3nc2-c2ccc(-c3ccc(-c4nc5c6ccccc6c6cc(-c7ccc8c(c7)c7ccccc7c7nc(-c9ccc(-c%10ccc(-c%11cnc%12c%13ccccc%13c%13ccccc%13c%12n%11)cc%10)cc9)cnc87)ccc6c5nc4-c4ccccc4)cc3)cc2)cc1. The van der Waals surface area contributed by atoms with Gasteiger partial charge in [-0.15, -0.1) is 0 Å². The van der Waals surface area contributed by atoms with E-state index >= 15 is 0 Å². The van der Waals surface area contributed by atoms with Gasteiger partial charge in [-0.1, -0.05) is 328 Å². The van der Waals surface area contributed by atoms with Gasteiger partial charge in [0.15, 0.2) is 0 Å².